The van der Waals surface area contributed by atoms with E-state index in [2.05, 4.69) is 0 Å². The Morgan fingerprint density at radius 2 is 1.25 bits per heavy atom. The lowest BCUT2D eigenvalue weighted by molar-refractivity contribution is 0.350. The van der Waals surface area contributed by atoms with Crippen molar-refractivity contribution in [1.29, 1.82) is 0 Å². The van der Waals surface area contributed by atoms with E-state index in [4.69, 9.17) is 24.7 Å². The number of hydrogen-bond donors (Lipinski definition) is 5. The van der Waals surface area contributed by atoms with E-state index in [1.54, 1.807) is 0 Å². The SMILES string of the molecule is O=P(O)(O)N(c1ccc(O)cc1)P(=O)(O)O. The molecule has 0 fully saturated rings. The highest BCUT2D eigenvalue weighted by molar-refractivity contribution is 7.72. The van der Waals surface area contributed by atoms with Gasteiger partial charge in [-0.15, -0.1) is 0 Å². The second-order valence-electron chi connectivity index (χ2n) is 2.83. The topological polar surface area (TPSA) is 139 Å². The summed E-state index contributed by atoms with van der Waals surface area (Å²) in [6.07, 6.45) is 0. The first-order valence-electron chi connectivity index (χ1n) is 3.83. The maximum atomic E-state index is 10.9. The first-order chi connectivity index (χ1) is 7.12. The van der Waals surface area contributed by atoms with Crippen molar-refractivity contribution >= 4 is 21.2 Å². The van der Waals surface area contributed by atoms with Gasteiger partial charge in [-0.3, -0.25) is 0 Å². The van der Waals surface area contributed by atoms with Crippen molar-refractivity contribution in [2.45, 2.75) is 0 Å². The summed E-state index contributed by atoms with van der Waals surface area (Å²) < 4.78 is 21.6. The highest BCUT2D eigenvalue weighted by Crippen LogP contribution is 2.60. The Hall–Kier alpha value is -0.880. The molecule has 0 aromatic heterocycles. The predicted octanol–water partition coefficient (Wildman–Crippen LogP) is 0.384. The summed E-state index contributed by atoms with van der Waals surface area (Å²) in [6, 6.07) is 4.06. The smallest absolute Gasteiger partial charge is 0.439 e. The summed E-state index contributed by atoms with van der Waals surface area (Å²) in [5.74, 6) is -0.194. The van der Waals surface area contributed by atoms with E-state index in [1.165, 1.54) is 0 Å². The van der Waals surface area contributed by atoms with E-state index in [-0.39, 0.29) is 15.9 Å². The molecule has 0 bridgehead atoms. The van der Waals surface area contributed by atoms with Crippen LogP contribution < -0.4 is 4.44 Å². The van der Waals surface area contributed by atoms with Gasteiger partial charge in [-0.2, -0.15) is 4.44 Å². The summed E-state index contributed by atoms with van der Waals surface area (Å²) in [6.45, 7) is 0. The van der Waals surface area contributed by atoms with Crippen LogP contribution in [-0.4, -0.2) is 24.7 Å². The molecule has 0 radical (unpaired) electrons. The molecule has 10 heteroatoms. The fourth-order valence-electron chi connectivity index (χ4n) is 1.04. The van der Waals surface area contributed by atoms with Crippen molar-refractivity contribution in [3.05, 3.63) is 24.3 Å². The molecule has 0 heterocycles. The number of aromatic hydroxyl groups is 1. The summed E-state index contributed by atoms with van der Waals surface area (Å²) >= 11 is 0. The number of anilines is 1. The zero-order valence-corrected chi connectivity index (χ0v) is 9.49. The van der Waals surface area contributed by atoms with Crippen LogP contribution in [0.25, 0.3) is 0 Å². The third kappa shape index (κ3) is 3.05. The van der Waals surface area contributed by atoms with E-state index >= 15 is 0 Å². The molecule has 90 valence electrons. The number of hydrogen-bond acceptors (Lipinski definition) is 3. The molecule has 0 amide bonds. The maximum Gasteiger partial charge on any atom is 0.439 e. The second-order valence-corrected chi connectivity index (χ2v) is 6.00. The molecule has 0 atom stereocenters. The number of phenols is 1. The normalized spacial score (nSPS) is 12.5. The molecule has 16 heavy (non-hydrogen) atoms. The molecule has 1 aromatic carbocycles. The van der Waals surface area contributed by atoms with E-state index < -0.39 is 15.5 Å². The average molecular weight is 269 g/mol. The van der Waals surface area contributed by atoms with Crippen LogP contribution in [0.3, 0.4) is 0 Å². The van der Waals surface area contributed by atoms with Gasteiger partial charge < -0.3 is 24.7 Å². The Labute approximate surface area is 90.2 Å². The minimum Gasteiger partial charge on any atom is -0.508 e. The number of rotatable bonds is 3. The molecule has 0 spiro atoms. The van der Waals surface area contributed by atoms with Crippen LogP contribution in [0.1, 0.15) is 0 Å². The predicted molar refractivity (Wildman–Crippen MR) is 54.7 cm³/mol. The molecule has 8 nitrogen and oxygen atoms in total. The zero-order valence-electron chi connectivity index (χ0n) is 7.70. The average Bonchev–Trinajstić information content (AvgIpc) is 2.03. The number of benzene rings is 1. The van der Waals surface area contributed by atoms with Crippen molar-refractivity contribution in [2.75, 3.05) is 4.44 Å². The van der Waals surface area contributed by atoms with Gasteiger partial charge in [-0.25, -0.2) is 9.13 Å². The zero-order chi connectivity index (χ0) is 12.6. The van der Waals surface area contributed by atoms with Crippen molar-refractivity contribution in [3.8, 4) is 5.75 Å². The molecular weight excluding hydrogens is 260 g/mol. The van der Waals surface area contributed by atoms with Crippen molar-refractivity contribution in [2.24, 2.45) is 0 Å². The minimum atomic E-state index is -5.15. The van der Waals surface area contributed by atoms with Crippen LogP contribution in [-0.2, 0) is 9.13 Å². The van der Waals surface area contributed by atoms with Gasteiger partial charge in [0.15, 0.2) is 0 Å². The lowest BCUT2D eigenvalue weighted by Gasteiger charge is -2.25. The van der Waals surface area contributed by atoms with Crippen LogP contribution in [0.15, 0.2) is 24.3 Å². The van der Waals surface area contributed by atoms with Gasteiger partial charge in [-0.1, -0.05) is 0 Å². The van der Waals surface area contributed by atoms with Gasteiger partial charge in [0.25, 0.3) is 0 Å². The summed E-state index contributed by atoms with van der Waals surface area (Å²) in [7, 11) is -10.3. The molecule has 1 aromatic rings. The van der Waals surface area contributed by atoms with Crippen LogP contribution in [0.5, 0.6) is 5.75 Å². The summed E-state index contributed by atoms with van der Waals surface area (Å²) in [4.78, 5) is 35.3. The molecular formula is C6H9NO7P2. The molecule has 0 aliphatic heterocycles. The summed E-state index contributed by atoms with van der Waals surface area (Å²) in [5, 5.41) is 8.94. The molecule has 0 saturated carbocycles. The Bertz CT molecular complexity index is 438. The molecule has 5 N–H and O–H groups in total. The van der Waals surface area contributed by atoms with Gasteiger partial charge >= 0.3 is 15.5 Å². The van der Waals surface area contributed by atoms with Crippen molar-refractivity contribution in [3.63, 3.8) is 0 Å². The van der Waals surface area contributed by atoms with Crippen molar-refractivity contribution in [1.82, 2.24) is 0 Å². The van der Waals surface area contributed by atoms with Gasteiger partial charge in [-0.05, 0) is 24.3 Å². The lowest BCUT2D eigenvalue weighted by atomic mass is 10.3. The standard InChI is InChI=1S/C6H9NO7P2/c8-6-3-1-5(2-4-6)7(15(9,10)11)16(12,13)14/h1-4,8H,(H2,9,10,11)(H2,12,13,14). The molecule has 0 saturated heterocycles. The monoisotopic (exact) mass is 269 g/mol. The first-order valence-corrected chi connectivity index (χ1v) is 6.96. The van der Waals surface area contributed by atoms with E-state index in [0.717, 1.165) is 24.3 Å². The van der Waals surface area contributed by atoms with Crippen molar-refractivity contribution < 1.29 is 33.8 Å². The van der Waals surface area contributed by atoms with Gasteiger partial charge in [0, 0.05) is 0 Å². The highest BCUT2D eigenvalue weighted by atomic mass is 31.3. The van der Waals surface area contributed by atoms with Gasteiger partial charge in [0.05, 0.1) is 5.69 Å². The third-order valence-corrected chi connectivity index (χ3v) is 4.42. The van der Waals surface area contributed by atoms with Crippen LogP contribution >= 0.6 is 15.5 Å². The van der Waals surface area contributed by atoms with Crippen LogP contribution in [0.4, 0.5) is 5.69 Å². The first kappa shape index (κ1) is 13.2. The quantitative estimate of drug-likeness (QED) is 0.496. The van der Waals surface area contributed by atoms with E-state index in [9.17, 15) is 9.13 Å². The Kier molecular flexibility index (Phi) is 3.44. The second kappa shape index (κ2) is 4.18. The summed E-state index contributed by atoms with van der Waals surface area (Å²) in [5.41, 5.74) is -0.389. The Balaban J connectivity index is 3.29. The molecule has 0 aliphatic carbocycles. The highest BCUT2D eigenvalue weighted by Gasteiger charge is 2.39. The number of nitrogens with zero attached hydrogens (tertiary/aromatic N) is 1. The molecule has 0 aliphatic rings. The maximum absolute atomic E-state index is 10.9. The fraction of sp³-hybridized carbons (Fsp3) is 0. The van der Waals surface area contributed by atoms with E-state index in [1.807, 2.05) is 0 Å². The van der Waals surface area contributed by atoms with E-state index in [0.29, 0.717) is 0 Å². The van der Waals surface area contributed by atoms with Crippen LogP contribution in [0, 0.1) is 0 Å². The third-order valence-electron chi connectivity index (χ3n) is 1.57. The van der Waals surface area contributed by atoms with Gasteiger partial charge in [0.2, 0.25) is 0 Å². The number of phenolic OH excluding ortho intramolecular Hbond substituents is 1. The molecule has 0 unspecified atom stereocenters. The minimum absolute atomic E-state index is 0.194. The lowest BCUT2D eigenvalue weighted by Crippen LogP contribution is -2.15. The molecule has 1 rings (SSSR count). The Morgan fingerprint density at radius 3 is 1.56 bits per heavy atom. The van der Waals surface area contributed by atoms with Crippen LogP contribution in [0.2, 0.25) is 0 Å². The van der Waals surface area contributed by atoms with Gasteiger partial charge in [0.1, 0.15) is 5.75 Å². The largest absolute Gasteiger partial charge is 0.508 e. The fourth-order valence-corrected chi connectivity index (χ4v) is 3.12. The Morgan fingerprint density at radius 1 is 0.875 bits per heavy atom.